The second kappa shape index (κ2) is 5.46. The molecule has 2 N–H and O–H groups in total. The third-order valence-electron chi connectivity index (χ3n) is 2.37. The van der Waals surface area contributed by atoms with Crippen molar-refractivity contribution in [1.82, 2.24) is 0 Å². The van der Waals surface area contributed by atoms with Crippen molar-refractivity contribution in [2.24, 2.45) is 5.73 Å². The average molecular weight is 243 g/mol. The van der Waals surface area contributed by atoms with E-state index in [4.69, 9.17) is 22.7 Å². The normalized spacial score (nSPS) is 9.88. The van der Waals surface area contributed by atoms with Gasteiger partial charge in [-0.25, -0.2) is 0 Å². The van der Waals surface area contributed by atoms with Gasteiger partial charge in [0.15, 0.2) is 0 Å². The largest absolute Gasteiger partial charge is 0.489 e. The van der Waals surface area contributed by atoms with Crippen molar-refractivity contribution in [1.29, 1.82) is 0 Å². The van der Waals surface area contributed by atoms with Crippen LogP contribution in [-0.4, -0.2) is 4.99 Å². The predicted molar refractivity (Wildman–Crippen MR) is 73.1 cm³/mol. The Labute approximate surface area is 106 Å². The van der Waals surface area contributed by atoms with E-state index >= 15 is 0 Å². The van der Waals surface area contributed by atoms with E-state index in [1.165, 1.54) is 0 Å². The molecule has 17 heavy (non-hydrogen) atoms. The van der Waals surface area contributed by atoms with Crippen molar-refractivity contribution in [3.05, 3.63) is 65.7 Å². The highest BCUT2D eigenvalue weighted by molar-refractivity contribution is 7.80. The third-order valence-corrected chi connectivity index (χ3v) is 2.60. The molecule has 0 saturated heterocycles. The molecule has 0 spiro atoms. The molecule has 86 valence electrons. The maximum absolute atomic E-state index is 5.67. The molecule has 0 unspecified atom stereocenters. The Morgan fingerprint density at radius 2 is 1.82 bits per heavy atom. The summed E-state index contributed by atoms with van der Waals surface area (Å²) < 4.78 is 5.67. The van der Waals surface area contributed by atoms with Gasteiger partial charge >= 0.3 is 0 Å². The van der Waals surface area contributed by atoms with E-state index in [1.54, 1.807) is 0 Å². The first-order valence-corrected chi connectivity index (χ1v) is 5.73. The van der Waals surface area contributed by atoms with E-state index in [0.29, 0.717) is 11.6 Å². The van der Waals surface area contributed by atoms with Crippen molar-refractivity contribution in [3.8, 4) is 5.75 Å². The number of hydrogen-bond donors (Lipinski definition) is 1. The van der Waals surface area contributed by atoms with Gasteiger partial charge in [-0.1, -0.05) is 54.7 Å². The van der Waals surface area contributed by atoms with Crippen LogP contribution in [0.3, 0.4) is 0 Å². The standard InChI is InChI=1S/C14H13NOS/c15-14(17)12-7-4-8-13(9-12)16-10-11-5-2-1-3-6-11/h1-9H,10H2,(H2,15,17). The van der Waals surface area contributed by atoms with E-state index in [-0.39, 0.29) is 0 Å². The summed E-state index contributed by atoms with van der Waals surface area (Å²) in [6.45, 7) is 0.543. The molecule has 0 amide bonds. The molecule has 2 nitrogen and oxygen atoms in total. The van der Waals surface area contributed by atoms with Gasteiger partial charge in [0.05, 0.1) is 0 Å². The van der Waals surface area contributed by atoms with Gasteiger partial charge < -0.3 is 10.5 Å². The number of benzene rings is 2. The smallest absolute Gasteiger partial charge is 0.120 e. The average Bonchev–Trinajstić information content (AvgIpc) is 2.38. The molecule has 0 bridgehead atoms. The number of thiocarbonyl (C=S) groups is 1. The Kier molecular flexibility index (Phi) is 3.73. The summed E-state index contributed by atoms with van der Waals surface area (Å²) in [4.78, 5) is 0.384. The van der Waals surface area contributed by atoms with Crippen LogP contribution >= 0.6 is 12.2 Å². The number of rotatable bonds is 4. The highest BCUT2D eigenvalue weighted by atomic mass is 32.1. The molecule has 0 aliphatic heterocycles. The lowest BCUT2D eigenvalue weighted by molar-refractivity contribution is 0.306. The van der Waals surface area contributed by atoms with E-state index < -0.39 is 0 Å². The van der Waals surface area contributed by atoms with Crippen molar-refractivity contribution < 1.29 is 4.74 Å². The van der Waals surface area contributed by atoms with Crippen LogP contribution in [0.2, 0.25) is 0 Å². The topological polar surface area (TPSA) is 35.2 Å². The zero-order chi connectivity index (χ0) is 12.1. The van der Waals surface area contributed by atoms with Crippen molar-refractivity contribution in [2.75, 3.05) is 0 Å². The molecule has 0 aliphatic carbocycles. The lowest BCUT2D eigenvalue weighted by atomic mass is 10.2. The minimum absolute atomic E-state index is 0.384. The summed E-state index contributed by atoms with van der Waals surface area (Å²) in [6, 6.07) is 17.5. The summed E-state index contributed by atoms with van der Waals surface area (Å²) in [7, 11) is 0. The number of ether oxygens (including phenoxy) is 1. The quantitative estimate of drug-likeness (QED) is 0.839. The van der Waals surface area contributed by atoms with Crippen LogP contribution < -0.4 is 10.5 Å². The molecule has 0 aliphatic rings. The van der Waals surface area contributed by atoms with Gasteiger partial charge in [-0.15, -0.1) is 0 Å². The minimum atomic E-state index is 0.384. The van der Waals surface area contributed by atoms with Crippen LogP contribution in [-0.2, 0) is 6.61 Å². The van der Waals surface area contributed by atoms with Crippen LogP contribution in [0.4, 0.5) is 0 Å². The highest BCUT2D eigenvalue weighted by Gasteiger charge is 1.99. The zero-order valence-corrected chi connectivity index (χ0v) is 10.1. The maximum Gasteiger partial charge on any atom is 0.120 e. The lowest BCUT2D eigenvalue weighted by Gasteiger charge is -2.07. The van der Waals surface area contributed by atoms with E-state index in [9.17, 15) is 0 Å². The molecule has 2 rings (SSSR count). The first-order valence-electron chi connectivity index (χ1n) is 5.32. The van der Waals surface area contributed by atoms with Gasteiger partial charge in [0, 0.05) is 5.56 Å². The van der Waals surface area contributed by atoms with Gasteiger partial charge in [-0.2, -0.15) is 0 Å². The molecule has 2 aromatic rings. The first-order chi connectivity index (χ1) is 8.25. The highest BCUT2D eigenvalue weighted by Crippen LogP contribution is 2.15. The summed E-state index contributed by atoms with van der Waals surface area (Å²) in [6.07, 6.45) is 0. The molecule has 0 atom stereocenters. The van der Waals surface area contributed by atoms with Crippen molar-refractivity contribution in [2.45, 2.75) is 6.61 Å². The summed E-state index contributed by atoms with van der Waals surface area (Å²) in [5.41, 5.74) is 7.52. The minimum Gasteiger partial charge on any atom is -0.489 e. The fourth-order valence-electron chi connectivity index (χ4n) is 1.48. The second-order valence-corrected chi connectivity index (χ2v) is 4.11. The zero-order valence-electron chi connectivity index (χ0n) is 9.30. The van der Waals surface area contributed by atoms with Gasteiger partial charge in [-0.05, 0) is 17.7 Å². The van der Waals surface area contributed by atoms with Gasteiger partial charge in [0.1, 0.15) is 17.3 Å². The Bertz CT molecular complexity index is 511. The summed E-state index contributed by atoms with van der Waals surface area (Å²) in [5, 5.41) is 0. The molecule has 0 radical (unpaired) electrons. The first kappa shape index (κ1) is 11.6. The monoisotopic (exact) mass is 243 g/mol. The van der Waals surface area contributed by atoms with Crippen LogP contribution in [0.25, 0.3) is 0 Å². The van der Waals surface area contributed by atoms with Crippen LogP contribution in [0.5, 0.6) is 5.75 Å². The van der Waals surface area contributed by atoms with E-state index in [0.717, 1.165) is 16.9 Å². The Morgan fingerprint density at radius 3 is 2.53 bits per heavy atom. The molecule has 0 fully saturated rings. The third kappa shape index (κ3) is 3.29. The molecule has 3 heteroatoms. The molecule has 0 aromatic heterocycles. The van der Waals surface area contributed by atoms with E-state index in [1.807, 2.05) is 54.6 Å². The fourth-order valence-corrected chi connectivity index (χ4v) is 1.61. The Balaban J connectivity index is 2.04. The Hall–Kier alpha value is -1.87. The molecule has 2 aromatic carbocycles. The van der Waals surface area contributed by atoms with E-state index in [2.05, 4.69) is 0 Å². The fraction of sp³-hybridized carbons (Fsp3) is 0.0714. The van der Waals surface area contributed by atoms with Crippen molar-refractivity contribution >= 4 is 17.2 Å². The molecular formula is C14H13NOS. The van der Waals surface area contributed by atoms with Gasteiger partial charge in [0.25, 0.3) is 0 Å². The van der Waals surface area contributed by atoms with Gasteiger partial charge in [-0.3, -0.25) is 0 Å². The summed E-state index contributed by atoms with van der Waals surface area (Å²) >= 11 is 4.92. The Morgan fingerprint density at radius 1 is 1.06 bits per heavy atom. The summed E-state index contributed by atoms with van der Waals surface area (Å²) in [5.74, 6) is 0.777. The second-order valence-electron chi connectivity index (χ2n) is 3.67. The van der Waals surface area contributed by atoms with Crippen LogP contribution in [0, 0.1) is 0 Å². The predicted octanol–water partition coefficient (Wildman–Crippen LogP) is 2.90. The van der Waals surface area contributed by atoms with Gasteiger partial charge in [0.2, 0.25) is 0 Å². The number of nitrogens with two attached hydrogens (primary N) is 1. The van der Waals surface area contributed by atoms with Crippen molar-refractivity contribution in [3.63, 3.8) is 0 Å². The van der Waals surface area contributed by atoms with Crippen LogP contribution in [0.1, 0.15) is 11.1 Å². The van der Waals surface area contributed by atoms with Crippen LogP contribution in [0.15, 0.2) is 54.6 Å². The lowest BCUT2D eigenvalue weighted by Crippen LogP contribution is -2.09. The molecule has 0 heterocycles. The number of hydrogen-bond acceptors (Lipinski definition) is 2. The maximum atomic E-state index is 5.67. The molecular weight excluding hydrogens is 230 g/mol. The SMILES string of the molecule is NC(=S)c1cccc(OCc2ccccc2)c1. The molecule has 0 saturated carbocycles.